The minimum absolute atomic E-state index is 0.156. The van der Waals surface area contributed by atoms with Gasteiger partial charge in [-0.05, 0) is 48.5 Å². The van der Waals surface area contributed by atoms with Crippen LogP contribution in [0.4, 0.5) is 5.69 Å². The number of ether oxygens (including phenoxy) is 3. The number of nitrogens with one attached hydrogen (secondary N) is 1. The summed E-state index contributed by atoms with van der Waals surface area (Å²) in [6.45, 7) is -0.156. The van der Waals surface area contributed by atoms with Crippen LogP contribution in [0.15, 0.2) is 72.8 Å². The number of anilines is 1. The summed E-state index contributed by atoms with van der Waals surface area (Å²) in [7, 11) is 2.88. The van der Waals surface area contributed by atoms with Gasteiger partial charge >= 0.3 is 5.97 Å². The Morgan fingerprint density at radius 2 is 1.52 bits per heavy atom. The fourth-order valence-corrected chi connectivity index (χ4v) is 2.74. The molecule has 3 aromatic rings. The number of rotatable bonds is 6. The van der Waals surface area contributed by atoms with Crippen LogP contribution in [0.3, 0.4) is 0 Å². The molecule has 0 aliphatic rings. The summed E-state index contributed by atoms with van der Waals surface area (Å²) >= 11 is 0. The van der Waals surface area contributed by atoms with Gasteiger partial charge in [0.2, 0.25) is 0 Å². The van der Waals surface area contributed by atoms with Crippen LogP contribution in [0.25, 0.3) is 0 Å². The van der Waals surface area contributed by atoms with Crippen LogP contribution in [0.5, 0.6) is 11.5 Å². The quantitative estimate of drug-likeness (QED) is 0.488. The molecule has 3 aromatic carbocycles. The molecule has 0 radical (unpaired) electrons. The molecule has 0 bridgehead atoms. The highest BCUT2D eigenvalue weighted by molar-refractivity contribution is 5.92. The SMILES string of the molecule is COC(=O)c1cccc(C#Cc2cccc(NC(=O)COc3ccccc3OC)c2)c1. The molecule has 6 heteroatoms. The first-order valence-corrected chi connectivity index (χ1v) is 9.45. The monoisotopic (exact) mass is 415 g/mol. The van der Waals surface area contributed by atoms with E-state index in [4.69, 9.17) is 14.2 Å². The molecule has 1 N–H and O–H groups in total. The van der Waals surface area contributed by atoms with Crippen molar-refractivity contribution in [3.63, 3.8) is 0 Å². The lowest BCUT2D eigenvalue weighted by molar-refractivity contribution is -0.118. The smallest absolute Gasteiger partial charge is 0.337 e. The van der Waals surface area contributed by atoms with Crippen LogP contribution in [0.1, 0.15) is 21.5 Å². The van der Waals surface area contributed by atoms with E-state index < -0.39 is 5.97 Å². The van der Waals surface area contributed by atoms with E-state index in [0.29, 0.717) is 33.9 Å². The van der Waals surface area contributed by atoms with Gasteiger partial charge in [-0.25, -0.2) is 4.79 Å². The number of carbonyl (C=O) groups excluding carboxylic acids is 2. The van der Waals surface area contributed by atoms with Crippen molar-refractivity contribution in [1.29, 1.82) is 0 Å². The van der Waals surface area contributed by atoms with Crippen molar-refractivity contribution >= 4 is 17.6 Å². The van der Waals surface area contributed by atoms with Gasteiger partial charge in [0.25, 0.3) is 5.91 Å². The van der Waals surface area contributed by atoms with Gasteiger partial charge in [-0.15, -0.1) is 0 Å². The molecule has 6 nitrogen and oxygen atoms in total. The van der Waals surface area contributed by atoms with Crippen molar-refractivity contribution in [2.45, 2.75) is 0 Å². The molecule has 0 spiro atoms. The lowest BCUT2D eigenvalue weighted by Gasteiger charge is -2.10. The predicted molar refractivity (Wildman–Crippen MR) is 117 cm³/mol. The first-order chi connectivity index (χ1) is 15.1. The molecule has 0 unspecified atom stereocenters. The summed E-state index contributed by atoms with van der Waals surface area (Å²) in [5.41, 5.74) is 2.43. The van der Waals surface area contributed by atoms with Crippen LogP contribution in [-0.4, -0.2) is 32.7 Å². The van der Waals surface area contributed by atoms with Gasteiger partial charge in [-0.2, -0.15) is 0 Å². The number of para-hydroxylation sites is 2. The Hall–Kier alpha value is -4.24. The molecule has 31 heavy (non-hydrogen) atoms. The molecule has 0 heterocycles. The van der Waals surface area contributed by atoms with E-state index in [0.717, 1.165) is 0 Å². The van der Waals surface area contributed by atoms with Crippen molar-refractivity contribution in [3.8, 4) is 23.3 Å². The Morgan fingerprint density at radius 3 is 2.23 bits per heavy atom. The molecule has 0 aliphatic heterocycles. The van der Waals surface area contributed by atoms with Crippen LogP contribution in [0, 0.1) is 11.8 Å². The largest absolute Gasteiger partial charge is 0.493 e. The lowest BCUT2D eigenvalue weighted by atomic mass is 10.1. The molecule has 0 saturated heterocycles. The number of amides is 1. The van der Waals surface area contributed by atoms with Gasteiger partial charge in [-0.3, -0.25) is 4.79 Å². The van der Waals surface area contributed by atoms with Crippen molar-refractivity contribution in [1.82, 2.24) is 0 Å². The number of methoxy groups -OCH3 is 2. The van der Waals surface area contributed by atoms with Gasteiger partial charge < -0.3 is 19.5 Å². The molecule has 1 amide bonds. The maximum Gasteiger partial charge on any atom is 0.337 e. The van der Waals surface area contributed by atoms with E-state index in [9.17, 15) is 9.59 Å². The maximum absolute atomic E-state index is 12.2. The Labute approximate surface area is 180 Å². The van der Waals surface area contributed by atoms with Crippen LogP contribution in [-0.2, 0) is 9.53 Å². The zero-order valence-electron chi connectivity index (χ0n) is 17.2. The summed E-state index contributed by atoms with van der Waals surface area (Å²) in [6.07, 6.45) is 0. The van der Waals surface area contributed by atoms with Crippen LogP contribution in [0.2, 0.25) is 0 Å². The molecule has 0 fully saturated rings. The number of carbonyl (C=O) groups is 2. The zero-order chi connectivity index (χ0) is 22.1. The summed E-state index contributed by atoms with van der Waals surface area (Å²) in [5, 5.41) is 2.79. The average molecular weight is 415 g/mol. The topological polar surface area (TPSA) is 73.9 Å². The molecule has 0 aromatic heterocycles. The van der Waals surface area contributed by atoms with E-state index in [-0.39, 0.29) is 12.5 Å². The van der Waals surface area contributed by atoms with Crippen molar-refractivity contribution < 1.29 is 23.8 Å². The second-order valence-electron chi connectivity index (χ2n) is 6.39. The summed E-state index contributed by atoms with van der Waals surface area (Å²) in [5.74, 6) is 6.38. The summed E-state index contributed by atoms with van der Waals surface area (Å²) in [4.78, 5) is 23.9. The zero-order valence-corrected chi connectivity index (χ0v) is 17.2. The highest BCUT2D eigenvalue weighted by atomic mass is 16.5. The number of hydrogen-bond acceptors (Lipinski definition) is 5. The predicted octanol–water partition coefficient (Wildman–Crippen LogP) is 3.90. The van der Waals surface area contributed by atoms with Gasteiger partial charge in [-0.1, -0.05) is 36.1 Å². The summed E-state index contributed by atoms with van der Waals surface area (Å²) < 4.78 is 15.5. The molecule has 0 atom stereocenters. The molecular formula is C25H21NO5. The van der Waals surface area contributed by atoms with Crippen molar-refractivity contribution in [3.05, 3.63) is 89.5 Å². The third-order valence-corrected chi connectivity index (χ3v) is 4.21. The van der Waals surface area contributed by atoms with Crippen molar-refractivity contribution in [2.75, 3.05) is 26.1 Å². The van der Waals surface area contributed by atoms with Gasteiger partial charge in [0, 0.05) is 16.8 Å². The number of hydrogen-bond donors (Lipinski definition) is 1. The van der Waals surface area contributed by atoms with E-state index in [1.54, 1.807) is 67.8 Å². The first-order valence-electron chi connectivity index (χ1n) is 9.45. The fraction of sp³-hybridized carbons (Fsp3) is 0.120. The Balaban J connectivity index is 1.64. The fourth-order valence-electron chi connectivity index (χ4n) is 2.74. The third-order valence-electron chi connectivity index (χ3n) is 4.21. The van der Waals surface area contributed by atoms with Gasteiger partial charge in [0.1, 0.15) is 0 Å². The molecule has 0 aliphatic carbocycles. The van der Waals surface area contributed by atoms with E-state index >= 15 is 0 Å². The highest BCUT2D eigenvalue weighted by Crippen LogP contribution is 2.25. The highest BCUT2D eigenvalue weighted by Gasteiger charge is 2.08. The Kier molecular flexibility index (Phi) is 7.28. The van der Waals surface area contributed by atoms with Crippen LogP contribution < -0.4 is 14.8 Å². The van der Waals surface area contributed by atoms with E-state index in [2.05, 4.69) is 17.2 Å². The minimum atomic E-state index is -0.413. The molecule has 3 rings (SSSR count). The Morgan fingerprint density at radius 1 is 0.839 bits per heavy atom. The summed E-state index contributed by atoms with van der Waals surface area (Å²) in [6, 6.07) is 21.2. The average Bonchev–Trinajstić information content (AvgIpc) is 2.81. The maximum atomic E-state index is 12.2. The van der Waals surface area contributed by atoms with Gasteiger partial charge in [0.15, 0.2) is 18.1 Å². The second kappa shape index (κ2) is 10.5. The second-order valence-corrected chi connectivity index (χ2v) is 6.39. The lowest BCUT2D eigenvalue weighted by Crippen LogP contribution is -2.20. The molecule has 156 valence electrons. The number of esters is 1. The first kappa shape index (κ1) is 21.5. The molecular weight excluding hydrogens is 394 g/mol. The Bertz CT molecular complexity index is 1140. The number of benzene rings is 3. The normalized spacial score (nSPS) is 9.74. The third kappa shape index (κ3) is 6.12. The van der Waals surface area contributed by atoms with Crippen molar-refractivity contribution in [2.24, 2.45) is 0 Å². The van der Waals surface area contributed by atoms with Gasteiger partial charge in [0.05, 0.1) is 19.8 Å². The minimum Gasteiger partial charge on any atom is -0.493 e. The van der Waals surface area contributed by atoms with E-state index in [1.165, 1.54) is 7.11 Å². The van der Waals surface area contributed by atoms with Crippen LogP contribution >= 0.6 is 0 Å². The van der Waals surface area contributed by atoms with E-state index in [1.807, 2.05) is 12.1 Å². The molecule has 0 saturated carbocycles. The standard InChI is InChI=1S/C25H21NO5/c1-29-22-11-3-4-12-23(22)31-17-24(27)26-21-10-6-8-19(16-21)14-13-18-7-5-9-20(15-18)25(28)30-2/h3-12,15-16H,17H2,1-2H3,(H,26,27).